The Balaban J connectivity index is 1.64. The van der Waals surface area contributed by atoms with Crippen molar-refractivity contribution in [2.24, 2.45) is 0 Å². The molecule has 0 atom stereocenters. The van der Waals surface area contributed by atoms with Crippen molar-refractivity contribution in [2.75, 3.05) is 31.2 Å². The molecule has 1 aliphatic heterocycles. The molecule has 2 aromatic heterocycles. The van der Waals surface area contributed by atoms with Gasteiger partial charge < -0.3 is 14.6 Å². The molecule has 1 aliphatic rings. The molecule has 6 nitrogen and oxygen atoms in total. The van der Waals surface area contributed by atoms with Crippen LogP contribution in [0.25, 0.3) is 27.5 Å². The molecule has 0 bridgehead atoms. The van der Waals surface area contributed by atoms with E-state index >= 15 is 0 Å². The Morgan fingerprint density at radius 2 is 1.63 bits per heavy atom. The molecule has 27 heavy (non-hydrogen) atoms. The molecule has 0 spiro atoms. The van der Waals surface area contributed by atoms with Gasteiger partial charge in [-0.05, 0) is 37.3 Å². The summed E-state index contributed by atoms with van der Waals surface area (Å²) in [6, 6.07) is 16.0. The average Bonchev–Trinajstić information content (AvgIpc) is 3.05. The molecule has 5 rings (SSSR count). The van der Waals surface area contributed by atoms with E-state index in [1.165, 1.54) is 5.69 Å². The number of H-pyrrole nitrogens is 1. The van der Waals surface area contributed by atoms with Gasteiger partial charge in [0.1, 0.15) is 5.65 Å². The summed E-state index contributed by atoms with van der Waals surface area (Å²) in [5, 5.41) is 7.32. The number of fused-ring (bicyclic) bond motifs is 3. The lowest BCUT2D eigenvalue weighted by molar-refractivity contribution is 0.122. The number of pyridine rings is 1. The normalized spacial score (nSPS) is 14.9. The molecule has 1 saturated heterocycles. The Morgan fingerprint density at radius 3 is 2.37 bits per heavy atom. The Labute approximate surface area is 156 Å². The maximum atomic E-state index is 12.5. The van der Waals surface area contributed by atoms with Crippen LogP contribution >= 0.6 is 0 Å². The van der Waals surface area contributed by atoms with Crippen molar-refractivity contribution in [2.45, 2.75) is 6.92 Å². The van der Waals surface area contributed by atoms with Crippen molar-refractivity contribution >= 4 is 27.5 Å². The summed E-state index contributed by atoms with van der Waals surface area (Å²) in [6.07, 6.45) is 0. The summed E-state index contributed by atoms with van der Waals surface area (Å²) >= 11 is 0. The molecule has 1 N–H and O–H groups in total. The number of nitrogens with one attached hydrogen (secondary N) is 1. The fraction of sp³-hybridized carbons (Fsp3) is 0.238. The van der Waals surface area contributed by atoms with Crippen LogP contribution in [0.2, 0.25) is 0 Å². The molecule has 3 heterocycles. The molecule has 6 heteroatoms. The molecular weight excluding hydrogens is 340 g/mol. The first-order valence-electron chi connectivity index (χ1n) is 9.16. The number of aryl methyl sites for hydroxylation is 1. The first-order chi connectivity index (χ1) is 13.2. The zero-order valence-corrected chi connectivity index (χ0v) is 15.1. The number of nitrogens with zero attached hydrogens (tertiary/aromatic N) is 3. The van der Waals surface area contributed by atoms with E-state index in [0.717, 1.165) is 54.1 Å². The number of ether oxygens (including phenoxy) is 1. The maximum absolute atomic E-state index is 12.5. The number of hydrogen-bond donors (Lipinski definition) is 1. The number of hydrogen-bond acceptors (Lipinski definition) is 4. The molecule has 4 aromatic rings. The Bertz CT molecular complexity index is 1180. The van der Waals surface area contributed by atoms with E-state index in [9.17, 15) is 4.79 Å². The summed E-state index contributed by atoms with van der Waals surface area (Å²) in [4.78, 5) is 17.9. The van der Waals surface area contributed by atoms with E-state index in [2.05, 4.69) is 22.0 Å². The second kappa shape index (κ2) is 6.25. The summed E-state index contributed by atoms with van der Waals surface area (Å²) in [6.45, 7) is 5.31. The number of benzene rings is 2. The first kappa shape index (κ1) is 16.1. The van der Waals surface area contributed by atoms with Gasteiger partial charge in [-0.3, -0.25) is 4.79 Å². The van der Waals surface area contributed by atoms with Crippen LogP contribution in [0.5, 0.6) is 0 Å². The van der Waals surface area contributed by atoms with Crippen LogP contribution in [0.15, 0.2) is 53.3 Å². The number of morpholine rings is 1. The third-order valence-electron chi connectivity index (χ3n) is 5.20. The van der Waals surface area contributed by atoms with Crippen LogP contribution in [0.3, 0.4) is 0 Å². The van der Waals surface area contributed by atoms with Crippen molar-refractivity contribution in [3.05, 3.63) is 64.6 Å². The van der Waals surface area contributed by atoms with E-state index in [0.29, 0.717) is 5.39 Å². The summed E-state index contributed by atoms with van der Waals surface area (Å²) in [5.74, 6) is 0. The number of rotatable bonds is 2. The van der Waals surface area contributed by atoms with E-state index in [1.54, 1.807) is 0 Å². The van der Waals surface area contributed by atoms with Gasteiger partial charge in [0.15, 0.2) is 0 Å². The predicted molar refractivity (Wildman–Crippen MR) is 107 cm³/mol. The number of aromatic amines is 1. The van der Waals surface area contributed by atoms with Crippen molar-refractivity contribution in [3.8, 4) is 5.69 Å². The van der Waals surface area contributed by atoms with E-state index in [4.69, 9.17) is 9.84 Å². The fourth-order valence-corrected chi connectivity index (χ4v) is 3.85. The molecule has 0 amide bonds. The molecule has 0 aliphatic carbocycles. The third kappa shape index (κ3) is 2.61. The zero-order valence-electron chi connectivity index (χ0n) is 15.1. The van der Waals surface area contributed by atoms with Gasteiger partial charge in [0.25, 0.3) is 5.56 Å². The fourth-order valence-electron chi connectivity index (χ4n) is 3.85. The van der Waals surface area contributed by atoms with Crippen molar-refractivity contribution in [1.82, 2.24) is 14.8 Å². The molecule has 2 aromatic carbocycles. The van der Waals surface area contributed by atoms with E-state index in [1.807, 2.05) is 48.0 Å². The minimum atomic E-state index is -0.0933. The topological polar surface area (TPSA) is 63.1 Å². The van der Waals surface area contributed by atoms with Crippen molar-refractivity contribution < 1.29 is 4.74 Å². The Hall–Kier alpha value is -3.12. The summed E-state index contributed by atoms with van der Waals surface area (Å²) in [7, 11) is 0. The van der Waals surface area contributed by atoms with Crippen molar-refractivity contribution in [1.29, 1.82) is 0 Å². The monoisotopic (exact) mass is 360 g/mol. The van der Waals surface area contributed by atoms with E-state index < -0.39 is 0 Å². The molecule has 1 fully saturated rings. The number of aromatic nitrogens is 3. The van der Waals surface area contributed by atoms with Crippen LogP contribution in [-0.4, -0.2) is 41.1 Å². The molecule has 136 valence electrons. The molecule has 0 unspecified atom stereocenters. The van der Waals surface area contributed by atoms with Crippen LogP contribution in [-0.2, 0) is 4.74 Å². The van der Waals surface area contributed by atoms with Gasteiger partial charge in [-0.15, -0.1) is 0 Å². The van der Waals surface area contributed by atoms with Crippen LogP contribution in [0.4, 0.5) is 5.69 Å². The Kier molecular flexibility index (Phi) is 3.72. The van der Waals surface area contributed by atoms with Gasteiger partial charge in [0.2, 0.25) is 0 Å². The lowest BCUT2D eigenvalue weighted by Crippen LogP contribution is -2.36. The van der Waals surface area contributed by atoms with Gasteiger partial charge in [-0.2, -0.15) is 5.10 Å². The number of anilines is 1. The predicted octanol–water partition coefficient (Wildman–Crippen LogP) is 3.01. The first-order valence-corrected chi connectivity index (χ1v) is 9.16. The van der Waals surface area contributed by atoms with Gasteiger partial charge >= 0.3 is 0 Å². The summed E-state index contributed by atoms with van der Waals surface area (Å²) < 4.78 is 7.24. The second-order valence-corrected chi connectivity index (χ2v) is 6.84. The highest BCUT2D eigenvalue weighted by Gasteiger charge is 2.15. The summed E-state index contributed by atoms with van der Waals surface area (Å²) in [5.41, 5.74) is 3.64. The minimum absolute atomic E-state index is 0.0933. The highest BCUT2D eigenvalue weighted by Crippen LogP contribution is 2.27. The molecule has 0 saturated carbocycles. The smallest absolute Gasteiger partial charge is 0.257 e. The van der Waals surface area contributed by atoms with Gasteiger partial charge in [0.05, 0.1) is 24.6 Å². The highest BCUT2D eigenvalue weighted by molar-refractivity contribution is 6.05. The van der Waals surface area contributed by atoms with Crippen LogP contribution < -0.4 is 10.5 Å². The second-order valence-electron chi connectivity index (χ2n) is 6.84. The minimum Gasteiger partial charge on any atom is -0.378 e. The lowest BCUT2D eigenvalue weighted by Gasteiger charge is -2.28. The van der Waals surface area contributed by atoms with Crippen LogP contribution in [0, 0.1) is 6.92 Å². The highest BCUT2D eigenvalue weighted by atomic mass is 16.5. The van der Waals surface area contributed by atoms with Gasteiger partial charge in [-0.1, -0.05) is 18.2 Å². The van der Waals surface area contributed by atoms with Gasteiger partial charge in [-0.25, -0.2) is 4.68 Å². The zero-order chi connectivity index (χ0) is 18.4. The average molecular weight is 360 g/mol. The quantitative estimate of drug-likeness (QED) is 0.597. The standard InChI is InChI=1S/C21H20N4O2/c1-14-19-17-4-2-3-5-18(17)21(26)22-20(19)25(23-14)16-8-6-15(7-9-16)24-10-12-27-13-11-24/h2-9H,10-13H2,1H3,(H,22,26). The van der Waals surface area contributed by atoms with Crippen LogP contribution in [0.1, 0.15) is 5.69 Å². The SMILES string of the molecule is Cc1nn(-c2ccc(N3CCOCC3)cc2)c2[nH]c(=O)c3ccccc3c12. The largest absolute Gasteiger partial charge is 0.378 e. The van der Waals surface area contributed by atoms with Crippen molar-refractivity contribution in [3.63, 3.8) is 0 Å². The maximum Gasteiger partial charge on any atom is 0.257 e. The Morgan fingerprint density at radius 1 is 0.963 bits per heavy atom. The lowest BCUT2D eigenvalue weighted by atomic mass is 10.1. The van der Waals surface area contributed by atoms with E-state index in [-0.39, 0.29) is 5.56 Å². The van der Waals surface area contributed by atoms with Gasteiger partial charge in [0, 0.05) is 34.9 Å². The molecular formula is C21H20N4O2. The molecule has 0 radical (unpaired) electrons. The third-order valence-corrected chi connectivity index (χ3v) is 5.20.